The lowest BCUT2D eigenvalue weighted by Crippen LogP contribution is -2.40. The number of halogens is 3. The summed E-state index contributed by atoms with van der Waals surface area (Å²) in [6, 6.07) is -0.0303. The van der Waals surface area contributed by atoms with E-state index in [9.17, 15) is 18.0 Å². The average molecular weight is 339 g/mol. The molecule has 4 N–H and O–H groups in total. The van der Waals surface area contributed by atoms with Crippen LogP contribution in [0.2, 0.25) is 0 Å². The number of ketones is 1. The summed E-state index contributed by atoms with van der Waals surface area (Å²) in [6.07, 6.45) is -2.34. The lowest BCUT2D eigenvalue weighted by molar-refractivity contribution is -0.192. The number of nitrogens with two attached hydrogens (primary N) is 1. The number of carboxylic acid groups (broad SMARTS) is 1. The van der Waals surface area contributed by atoms with Crippen LogP contribution < -0.4 is 11.1 Å². The minimum absolute atomic E-state index is 0.0303. The largest absolute Gasteiger partial charge is 0.490 e. The van der Waals surface area contributed by atoms with E-state index in [2.05, 4.69) is 17.2 Å². The van der Waals surface area contributed by atoms with E-state index in [0.717, 1.165) is 36.4 Å². The number of aromatic nitrogens is 1. The second-order valence-corrected chi connectivity index (χ2v) is 5.57. The van der Waals surface area contributed by atoms with Crippen molar-refractivity contribution in [1.82, 2.24) is 10.3 Å². The van der Waals surface area contributed by atoms with Crippen LogP contribution in [0.3, 0.4) is 0 Å². The number of carboxylic acids is 1. The third-order valence-electron chi connectivity index (χ3n) is 2.81. The minimum Gasteiger partial charge on any atom is -0.475 e. The Morgan fingerprint density at radius 3 is 2.64 bits per heavy atom. The van der Waals surface area contributed by atoms with Crippen molar-refractivity contribution in [3.05, 3.63) is 10.6 Å². The summed E-state index contributed by atoms with van der Waals surface area (Å²) in [5.74, 6) is -2.59. The smallest absolute Gasteiger partial charge is 0.475 e. The quantitative estimate of drug-likeness (QED) is 0.776. The number of fused-ring (bicyclic) bond motifs is 1. The van der Waals surface area contributed by atoms with E-state index in [-0.39, 0.29) is 11.8 Å². The monoisotopic (exact) mass is 339 g/mol. The molecule has 1 aliphatic carbocycles. The first-order valence-electron chi connectivity index (χ1n) is 6.49. The van der Waals surface area contributed by atoms with E-state index >= 15 is 0 Å². The maximum Gasteiger partial charge on any atom is 0.490 e. The molecular weight excluding hydrogens is 323 g/mol. The second-order valence-electron chi connectivity index (χ2n) is 4.54. The van der Waals surface area contributed by atoms with Crippen LogP contribution in [0, 0.1) is 0 Å². The predicted octanol–water partition coefficient (Wildman–Crippen LogP) is 1.86. The molecule has 0 saturated carbocycles. The van der Waals surface area contributed by atoms with E-state index in [1.165, 1.54) is 11.3 Å². The van der Waals surface area contributed by atoms with Gasteiger partial charge in [-0.1, -0.05) is 18.3 Å². The Kier molecular flexibility index (Phi) is 6.30. The van der Waals surface area contributed by atoms with Gasteiger partial charge < -0.3 is 16.2 Å². The Morgan fingerprint density at radius 1 is 1.55 bits per heavy atom. The molecule has 1 atom stereocenters. The topological polar surface area (TPSA) is 105 Å². The molecule has 0 aromatic carbocycles. The summed E-state index contributed by atoms with van der Waals surface area (Å²) < 4.78 is 31.7. The maximum absolute atomic E-state index is 12.0. The second kappa shape index (κ2) is 7.54. The molecular formula is C12H16F3N3O3S. The maximum atomic E-state index is 12.0. The first-order valence-corrected chi connectivity index (χ1v) is 7.31. The fourth-order valence-corrected chi connectivity index (χ4v) is 2.69. The minimum atomic E-state index is -5.08. The van der Waals surface area contributed by atoms with Crippen LogP contribution in [0.25, 0.3) is 0 Å². The normalized spacial score (nSPS) is 17.5. The third kappa shape index (κ3) is 4.95. The molecule has 0 bridgehead atoms. The van der Waals surface area contributed by atoms with Gasteiger partial charge in [0.1, 0.15) is 0 Å². The van der Waals surface area contributed by atoms with Crippen molar-refractivity contribution < 1.29 is 27.9 Å². The van der Waals surface area contributed by atoms with Gasteiger partial charge in [0.2, 0.25) is 0 Å². The Morgan fingerprint density at radius 2 is 2.14 bits per heavy atom. The van der Waals surface area contributed by atoms with Gasteiger partial charge in [-0.05, 0) is 25.8 Å². The number of Topliss-reactive ketones (excluding diaryl/α,β-unsaturated/α-hetero) is 1. The van der Waals surface area contributed by atoms with Crippen LogP contribution in [0.1, 0.15) is 35.1 Å². The predicted molar refractivity (Wildman–Crippen MR) is 75.0 cm³/mol. The van der Waals surface area contributed by atoms with Gasteiger partial charge in [-0.2, -0.15) is 13.2 Å². The molecule has 0 amide bonds. The van der Waals surface area contributed by atoms with Gasteiger partial charge in [-0.3, -0.25) is 4.79 Å². The summed E-state index contributed by atoms with van der Waals surface area (Å²) in [5.41, 5.74) is 6.49. The highest BCUT2D eigenvalue weighted by Gasteiger charge is 2.38. The number of carbonyl (C=O) groups is 2. The molecule has 6 nitrogen and oxygen atoms in total. The highest BCUT2D eigenvalue weighted by Crippen LogP contribution is 2.28. The number of alkyl halides is 3. The zero-order valence-electron chi connectivity index (χ0n) is 11.7. The highest BCUT2D eigenvalue weighted by atomic mass is 32.1. The lowest BCUT2D eigenvalue weighted by Gasteiger charge is -2.20. The number of aryl methyl sites for hydroxylation is 1. The van der Waals surface area contributed by atoms with E-state index < -0.39 is 12.1 Å². The molecule has 0 saturated heterocycles. The SMILES string of the molecule is CCCNC1CCc2nc(N)sc2C1=O.O=C(O)C(F)(F)F. The standard InChI is InChI=1S/C10H15N3OS.C2HF3O2/c1-2-5-12-6-3-4-7-9(8(6)14)15-10(11)13-7;3-2(4,5)1(6)7/h6,12H,2-5H2,1H3,(H2,11,13);(H,6,7). The Hall–Kier alpha value is -1.68. The summed E-state index contributed by atoms with van der Waals surface area (Å²) in [4.78, 5) is 25.8. The number of rotatable bonds is 3. The molecule has 1 unspecified atom stereocenters. The van der Waals surface area contributed by atoms with E-state index in [1.807, 2.05) is 0 Å². The third-order valence-corrected chi connectivity index (χ3v) is 3.75. The zero-order valence-corrected chi connectivity index (χ0v) is 12.6. The number of nitrogens with zero attached hydrogens (tertiary/aromatic N) is 1. The number of nitrogens with one attached hydrogen (secondary N) is 1. The van der Waals surface area contributed by atoms with Gasteiger partial charge in [0.05, 0.1) is 16.6 Å². The van der Waals surface area contributed by atoms with Crippen molar-refractivity contribution in [2.45, 2.75) is 38.4 Å². The fraction of sp³-hybridized carbons (Fsp3) is 0.583. The van der Waals surface area contributed by atoms with E-state index in [1.54, 1.807) is 0 Å². The average Bonchev–Trinajstić information content (AvgIpc) is 2.79. The molecule has 124 valence electrons. The number of thiazole rings is 1. The lowest BCUT2D eigenvalue weighted by atomic mass is 9.96. The molecule has 1 aromatic heterocycles. The van der Waals surface area contributed by atoms with Gasteiger partial charge in [0.15, 0.2) is 10.9 Å². The van der Waals surface area contributed by atoms with Crippen molar-refractivity contribution in [1.29, 1.82) is 0 Å². The molecule has 22 heavy (non-hydrogen) atoms. The van der Waals surface area contributed by atoms with Crippen molar-refractivity contribution in [3.8, 4) is 0 Å². The Labute approximate surface area is 128 Å². The number of carbonyl (C=O) groups excluding carboxylic acids is 1. The van der Waals surface area contributed by atoms with Gasteiger partial charge >= 0.3 is 12.1 Å². The summed E-state index contributed by atoms with van der Waals surface area (Å²) in [7, 11) is 0. The van der Waals surface area contributed by atoms with Crippen LogP contribution in [-0.2, 0) is 11.2 Å². The number of hydrogen-bond donors (Lipinski definition) is 3. The fourth-order valence-electron chi connectivity index (χ4n) is 1.82. The molecule has 2 rings (SSSR count). The van der Waals surface area contributed by atoms with Crippen LogP contribution in [0.5, 0.6) is 0 Å². The van der Waals surface area contributed by atoms with Crippen molar-refractivity contribution in [3.63, 3.8) is 0 Å². The highest BCUT2D eigenvalue weighted by molar-refractivity contribution is 7.17. The number of anilines is 1. The van der Waals surface area contributed by atoms with Crippen molar-refractivity contribution in [2.24, 2.45) is 0 Å². The molecule has 1 aromatic rings. The first-order chi connectivity index (χ1) is 10.2. The molecule has 0 aliphatic heterocycles. The molecule has 1 aliphatic rings. The van der Waals surface area contributed by atoms with E-state index in [4.69, 9.17) is 15.6 Å². The Bertz CT molecular complexity index is 545. The van der Waals surface area contributed by atoms with Crippen LogP contribution in [-0.4, -0.2) is 40.6 Å². The van der Waals surface area contributed by atoms with Crippen LogP contribution in [0.15, 0.2) is 0 Å². The number of nitrogen functional groups attached to an aromatic ring is 1. The van der Waals surface area contributed by atoms with Gasteiger partial charge in [0, 0.05) is 0 Å². The molecule has 0 spiro atoms. The molecule has 10 heteroatoms. The summed E-state index contributed by atoms with van der Waals surface area (Å²) in [6.45, 7) is 2.98. The molecule has 1 heterocycles. The van der Waals surface area contributed by atoms with Gasteiger partial charge in [-0.25, -0.2) is 9.78 Å². The van der Waals surface area contributed by atoms with Crippen LogP contribution >= 0.6 is 11.3 Å². The summed E-state index contributed by atoms with van der Waals surface area (Å²) in [5, 5.41) is 10.9. The van der Waals surface area contributed by atoms with Crippen LogP contribution in [0.4, 0.5) is 18.3 Å². The van der Waals surface area contributed by atoms with Crippen molar-refractivity contribution in [2.75, 3.05) is 12.3 Å². The number of aliphatic carboxylic acids is 1. The molecule has 0 fully saturated rings. The van der Waals surface area contributed by atoms with E-state index in [0.29, 0.717) is 5.13 Å². The van der Waals surface area contributed by atoms with Crippen molar-refractivity contribution >= 4 is 28.2 Å². The first kappa shape index (κ1) is 18.4. The van der Waals surface area contributed by atoms with Gasteiger partial charge in [0.25, 0.3) is 0 Å². The summed E-state index contributed by atoms with van der Waals surface area (Å²) >= 11 is 1.31. The zero-order chi connectivity index (χ0) is 16.9. The number of hydrogen-bond acceptors (Lipinski definition) is 6. The molecule has 0 radical (unpaired) electrons. The van der Waals surface area contributed by atoms with Gasteiger partial charge in [-0.15, -0.1) is 0 Å². The Balaban J connectivity index is 0.000000295.